The molecule has 35 heavy (non-hydrogen) atoms. The maximum Gasteiger partial charge on any atom is 0.339 e. The van der Waals surface area contributed by atoms with E-state index in [0.29, 0.717) is 37.6 Å². The first-order chi connectivity index (χ1) is 16.6. The van der Waals surface area contributed by atoms with Crippen molar-refractivity contribution in [2.45, 2.75) is 11.8 Å². The third kappa shape index (κ3) is 6.97. The Labute approximate surface area is 224 Å². The molecule has 0 unspecified atom stereocenters. The molecule has 1 N–H and O–H groups in total. The predicted molar refractivity (Wildman–Crippen MR) is 140 cm³/mol. The quantitative estimate of drug-likeness (QED) is 0.179. The summed E-state index contributed by atoms with van der Waals surface area (Å²) in [5.41, 5.74) is 2.99. The van der Waals surface area contributed by atoms with Gasteiger partial charge in [0, 0.05) is 20.6 Å². The average molecular weight is 647 g/mol. The van der Waals surface area contributed by atoms with Gasteiger partial charge in [0.25, 0.3) is 5.91 Å². The Hall–Kier alpha value is -2.60. The van der Waals surface area contributed by atoms with Crippen molar-refractivity contribution in [1.82, 2.24) is 5.43 Å². The lowest BCUT2D eigenvalue weighted by molar-refractivity contribution is 0.0954. The van der Waals surface area contributed by atoms with Crippen LogP contribution in [0.15, 0.2) is 73.5 Å². The second-order valence-electron chi connectivity index (χ2n) is 6.80. The van der Waals surface area contributed by atoms with Crippen molar-refractivity contribution in [2.24, 2.45) is 5.10 Å². The SMILES string of the molecule is CCOc1cc(C(=O)N/N=C/c2cc(Br)cc(Br)c2OS(=O)(=O)c2ccc(Cl)cc2)ccc1OC. The molecule has 0 aromatic heterocycles. The summed E-state index contributed by atoms with van der Waals surface area (Å²) in [6.07, 6.45) is 1.27. The summed E-state index contributed by atoms with van der Waals surface area (Å²) < 4.78 is 42.6. The number of carbonyl (C=O) groups is 1. The van der Waals surface area contributed by atoms with E-state index in [1.807, 2.05) is 6.92 Å². The van der Waals surface area contributed by atoms with Crippen molar-refractivity contribution in [3.05, 3.63) is 79.7 Å². The van der Waals surface area contributed by atoms with Crippen LogP contribution in [0.3, 0.4) is 0 Å². The number of ether oxygens (including phenoxy) is 2. The molecule has 0 aliphatic heterocycles. The van der Waals surface area contributed by atoms with Gasteiger partial charge in [-0.2, -0.15) is 13.5 Å². The van der Waals surface area contributed by atoms with Crippen LogP contribution in [0.4, 0.5) is 0 Å². The number of halogens is 3. The fourth-order valence-corrected chi connectivity index (χ4v) is 5.38. The molecule has 0 fully saturated rings. The van der Waals surface area contributed by atoms with Gasteiger partial charge in [-0.3, -0.25) is 4.79 Å². The number of hydrogen-bond donors (Lipinski definition) is 1. The minimum atomic E-state index is -4.17. The second kappa shape index (κ2) is 11.9. The van der Waals surface area contributed by atoms with E-state index in [2.05, 4.69) is 42.4 Å². The van der Waals surface area contributed by atoms with Gasteiger partial charge < -0.3 is 13.7 Å². The van der Waals surface area contributed by atoms with E-state index in [-0.39, 0.29) is 16.2 Å². The molecule has 8 nitrogen and oxygen atoms in total. The minimum Gasteiger partial charge on any atom is -0.493 e. The fourth-order valence-electron chi connectivity index (χ4n) is 2.83. The number of hydrogen-bond acceptors (Lipinski definition) is 7. The molecular weight excluding hydrogens is 628 g/mol. The van der Waals surface area contributed by atoms with Crippen LogP contribution < -0.4 is 19.1 Å². The van der Waals surface area contributed by atoms with E-state index in [1.165, 1.54) is 43.7 Å². The molecule has 1 amide bonds. The Morgan fingerprint density at radius 3 is 2.46 bits per heavy atom. The van der Waals surface area contributed by atoms with Crippen LogP contribution >= 0.6 is 43.5 Å². The lowest BCUT2D eigenvalue weighted by Gasteiger charge is -2.12. The van der Waals surface area contributed by atoms with E-state index in [1.54, 1.807) is 24.3 Å². The summed E-state index contributed by atoms with van der Waals surface area (Å²) in [6.45, 7) is 2.22. The summed E-state index contributed by atoms with van der Waals surface area (Å²) in [5.74, 6) is 0.402. The van der Waals surface area contributed by atoms with Crippen LogP contribution in [0.5, 0.6) is 17.2 Å². The molecule has 0 spiro atoms. The fraction of sp³-hybridized carbons (Fsp3) is 0.130. The van der Waals surface area contributed by atoms with Crippen molar-refractivity contribution >= 4 is 65.7 Å². The molecule has 12 heteroatoms. The monoisotopic (exact) mass is 644 g/mol. The van der Waals surface area contributed by atoms with Gasteiger partial charge in [0.2, 0.25) is 0 Å². The number of hydrazone groups is 1. The maximum atomic E-state index is 12.8. The van der Waals surface area contributed by atoms with Crippen LogP contribution in [-0.4, -0.2) is 34.3 Å². The number of amides is 1. The minimum absolute atomic E-state index is 0.00997. The number of rotatable bonds is 9. The highest BCUT2D eigenvalue weighted by Crippen LogP contribution is 2.34. The molecule has 0 bridgehead atoms. The lowest BCUT2D eigenvalue weighted by atomic mass is 10.2. The van der Waals surface area contributed by atoms with Crippen LogP contribution in [0.2, 0.25) is 5.02 Å². The van der Waals surface area contributed by atoms with Gasteiger partial charge in [0.1, 0.15) is 4.90 Å². The van der Waals surface area contributed by atoms with Crippen molar-refractivity contribution in [2.75, 3.05) is 13.7 Å². The lowest BCUT2D eigenvalue weighted by Crippen LogP contribution is -2.18. The van der Waals surface area contributed by atoms with Crippen molar-refractivity contribution in [1.29, 1.82) is 0 Å². The molecule has 0 atom stereocenters. The van der Waals surface area contributed by atoms with Crippen molar-refractivity contribution < 1.29 is 26.9 Å². The van der Waals surface area contributed by atoms with Crippen molar-refractivity contribution in [3.63, 3.8) is 0 Å². The molecule has 0 heterocycles. The first kappa shape index (κ1) is 27.0. The summed E-state index contributed by atoms with van der Waals surface area (Å²) in [5, 5.41) is 4.35. The van der Waals surface area contributed by atoms with Gasteiger partial charge in [0.15, 0.2) is 17.2 Å². The highest BCUT2D eigenvalue weighted by molar-refractivity contribution is 9.11. The molecule has 184 valence electrons. The highest BCUT2D eigenvalue weighted by Gasteiger charge is 2.21. The molecule has 0 radical (unpaired) electrons. The molecule has 0 aliphatic rings. The van der Waals surface area contributed by atoms with Crippen LogP contribution in [-0.2, 0) is 10.1 Å². The van der Waals surface area contributed by atoms with E-state index in [4.69, 9.17) is 25.3 Å². The molecular formula is C23H19Br2ClN2O6S. The first-order valence-electron chi connectivity index (χ1n) is 9.98. The summed E-state index contributed by atoms with van der Waals surface area (Å²) in [4.78, 5) is 12.5. The normalized spacial score (nSPS) is 11.3. The second-order valence-corrected chi connectivity index (χ2v) is 10.5. The van der Waals surface area contributed by atoms with Gasteiger partial charge in [-0.25, -0.2) is 5.43 Å². The zero-order chi connectivity index (χ0) is 25.6. The third-order valence-corrected chi connectivity index (χ3v) is 6.96. The number of benzene rings is 3. The topological polar surface area (TPSA) is 103 Å². The van der Waals surface area contributed by atoms with Gasteiger partial charge in [-0.05, 0) is 77.5 Å². The van der Waals surface area contributed by atoms with E-state index in [0.717, 1.165) is 0 Å². The smallest absolute Gasteiger partial charge is 0.339 e. The van der Waals surface area contributed by atoms with Gasteiger partial charge >= 0.3 is 10.1 Å². The number of nitrogens with zero attached hydrogens (tertiary/aromatic N) is 1. The summed E-state index contributed by atoms with van der Waals surface area (Å²) in [7, 11) is -2.66. The third-order valence-electron chi connectivity index (χ3n) is 4.43. The summed E-state index contributed by atoms with van der Waals surface area (Å²) in [6, 6.07) is 13.5. The zero-order valence-corrected chi connectivity index (χ0v) is 23.2. The highest BCUT2D eigenvalue weighted by atomic mass is 79.9. The van der Waals surface area contributed by atoms with Crippen molar-refractivity contribution in [3.8, 4) is 17.2 Å². The molecule has 0 saturated carbocycles. The Kier molecular flexibility index (Phi) is 9.17. The number of carbonyl (C=O) groups excluding carboxylic acids is 1. The zero-order valence-electron chi connectivity index (χ0n) is 18.4. The molecule has 0 aliphatic carbocycles. The number of nitrogens with one attached hydrogen (secondary N) is 1. The van der Waals surface area contributed by atoms with Gasteiger partial charge in [0.05, 0.1) is 24.4 Å². The van der Waals surface area contributed by atoms with E-state index >= 15 is 0 Å². The van der Waals surface area contributed by atoms with Crippen LogP contribution in [0, 0.1) is 0 Å². The van der Waals surface area contributed by atoms with Crippen LogP contribution in [0.1, 0.15) is 22.8 Å². The van der Waals surface area contributed by atoms with Crippen LogP contribution in [0.25, 0.3) is 0 Å². The standard InChI is InChI=1S/C23H19Br2ClN2O6S/c1-3-33-21-11-14(4-9-20(21)32-2)23(29)28-27-13-15-10-16(24)12-19(25)22(15)34-35(30,31)18-7-5-17(26)6-8-18/h4-13H,3H2,1-2H3,(H,28,29)/b27-13+. The summed E-state index contributed by atoms with van der Waals surface area (Å²) >= 11 is 12.5. The Bertz CT molecular complexity index is 1370. The van der Waals surface area contributed by atoms with Gasteiger partial charge in [-0.15, -0.1) is 0 Å². The average Bonchev–Trinajstić information content (AvgIpc) is 2.81. The predicted octanol–water partition coefficient (Wildman–Crippen LogP) is 5.80. The first-order valence-corrected chi connectivity index (χ1v) is 13.3. The number of methoxy groups -OCH3 is 1. The Morgan fingerprint density at radius 1 is 1.09 bits per heavy atom. The molecule has 0 saturated heterocycles. The van der Waals surface area contributed by atoms with Gasteiger partial charge in [-0.1, -0.05) is 27.5 Å². The van der Waals surface area contributed by atoms with E-state index < -0.39 is 16.0 Å². The molecule has 3 rings (SSSR count). The molecule has 3 aromatic rings. The Morgan fingerprint density at radius 2 is 1.80 bits per heavy atom. The Balaban J connectivity index is 1.84. The van der Waals surface area contributed by atoms with E-state index in [9.17, 15) is 13.2 Å². The largest absolute Gasteiger partial charge is 0.493 e. The maximum absolute atomic E-state index is 12.8. The molecule has 3 aromatic carbocycles.